The zero-order valence-electron chi connectivity index (χ0n) is 52.6. The lowest BCUT2D eigenvalue weighted by atomic mass is 10.1. The third kappa shape index (κ3) is 59.9. The smallest absolute Gasteiger partial charge is 0.317 e. The lowest BCUT2D eigenvalue weighted by Crippen LogP contribution is -2.53. The van der Waals surface area contributed by atoms with Crippen molar-refractivity contribution in [3.05, 3.63) is 0 Å². The van der Waals surface area contributed by atoms with Gasteiger partial charge in [-0.3, -0.25) is 43.4 Å². The number of carboxylic acids is 3. The summed E-state index contributed by atoms with van der Waals surface area (Å²) in [6, 6.07) is -0.968. The molecule has 1 atom stereocenters. The third-order valence-corrected chi connectivity index (χ3v) is 14.0. The van der Waals surface area contributed by atoms with Crippen LogP contribution in [-0.2, 0) is 43.0 Å². The Balaban J connectivity index is 4.73. The van der Waals surface area contributed by atoms with Crippen LogP contribution in [0, 0.1) is 47.4 Å². The van der Waals surface area contributed by atoms with Gasteiger partial charge in [0, 0.05) is 71.2 Å². The number of nitrogens with zero attached hydrogens (tertiary/aromatic N) is 2. The predicted molar refractivity (Wildman–Crippen MR) is 337 cm³/mol. The van der Waals surface area contributed by atoms with Gasteiger partial charge in [-0.15, -0.1) is 0 Å². The van der Waals surface area contributed by atoms with E-state index in [0.29, 0.717) is 12.8 Å². The number of aliphatic carboxylic acids is 3. The van der Waals surface area contributed by atoms with Crippen LogP contribution in [0.1, 0.15) is 245 Å². The highest BCUT2D eigenvalue weighted by Gasteiger charge is 2.22. The van der Waals surface area contributed by atoms with Gasteiger partial charge in [0.15, 0.2) is 0 Å². The summed E-state index contributed by atoms with van der Waals surface area (Å²) in [5, 5.41) is 38.5. The standard InChI is InChI=1S/C67H112N6O12/c1-3-5-7-9-11-13-15-17-19-21-23-25-27-29-31-33-35-37-39-41-43-45-61(74)70-55-60(71-62(75)46-44-42-40-38-36-34-32-30-28-26-24-22-20-18-16-14-12-10-8-6-4-2)67(83)69-48-52-85-54-53-84-51-47-68-63(76)56-72(57-64(77)78)49-50-73(58-65(79)80)59-66(81)82/h60H,3-22,31-59H2,1-2H3,(H,68,76)(H,69,83)(H,70,74)(H,71,75)(H,77,78)(H,79,80)(H,81,82). The van der Waals surface area contributed by atoms with Gasteiger partial charge < -0.3 is 46.1 Å². The van der Waals surface area contributed by atoms with E-state index in [1.807, 2.05) is 0 Å². The monoisotopic (exact) mass is 1190 g/mol. The van der Waals surface area contributed by atoms with Crippen LogP contribution in [0.5, 0.6) is 0 Å². The van der Waals surface area contributed by atoms with E-state index in [0.717, 1.165) is 114 Å². The molecule has 0 aliphatic heterocycles. The molecule has 0 aliphatic rings. The fourth-order valence-corrected chi connectivity index (χ4v) is 9.16. The number of carbonyl (C=O) groups is 7. The van der Waals surface area contributed by atoms with Gasteiger partial charge in [-0.25, -0.2) is 0 Å². The number of ether oxygens (including phenoxy) is 2. The van der Waals surface area contributed by atoms with Crippen molar-refractivity contribution in [3.8, 4) is 47.4 Å². The molecule has 482 valence electrons. The second kappa shape index (κ2) is 61.5. The molecule has 0 aromatic rings. The van der Waals surface area contributed by atoms with Crippen molar-refractivity contribution >= 4 is 41.5 Å². The summed E-state index contributed by atoms with van der Waals surface area (Å²) in [5.74, 6) is 19.7. The van der Waals surface area contributed by atoms with Crippen LogP contribution in [0.15, 0.2) is 0 Å². The summed E-state index contributed by atoms with van der Waals surface area (Å²) in [5.41, 5.74) is 0. The van der Waals surface area contributed by atoms with E-state index in [2.05, 4.69) is 82.5 Å². The Bertz CT molecular complexity index is 2010. The third-order valence-electron chi connectivity index (χ3n) is 14.0. The number of unbranched alkanes of at least 4 members (excludes halogenated alkanes) is 30. The molecule has 4 amide bonds. The highest BCUT2D eigenvalue weighted by molar-refractivity contribution is 5.88. The predicted octanol–water partition coefficient (Wildman–Crippen LogP) is 9.81. The van der Waals surface area contributed by atoms with E-state index in [9.17, 15) is 38.7 Å². The summed E-state index contributed by atoms with van der Waals surface area (Å²) in [6.07, 6.45) is 39.2. The van der Waals surface area contributed by atoms with E-state index >= 15 is 0 Å². The SMILES string of the molecule is CCCCCCCCCCCC#CC#CCCCCCCCCC(=O)NCC(NC(=O)CCCCCCCCC#CC#CCCCCCCCCCCC)C(=O)NCCOCCOCCNC(=O)CN(CCN(CC(=O)O)CC(=O)O)CC(=O)O. The number of carbonyl (C=O) groups excluding carboxylic acids is 4. The topological polar surface area (TPSA) is 253 Å². The number of amides is 4. The molecule has 0 saturated carbocycles. The van der Waals surface area contributed by atoms with Crippen LogP contribution in [-0.4, -0.2) is 158 Å². The van der Waals surface area contributed by atoms with Gasteiger partial charge in [-0.05, 0) is 62.2 Å². The summed E-state index contributed by atoms with van der Waals surface area (Å²) >= 11 is 0. The van der Waals surface area contributed by atoms with Crippen LogP contribution < -0.4 is 21.3 Å². The fourth-order valence-electron chi connectivity index (χ4n) is 9.16. The maximum atomic E-state index is 13.3. The molecule has 0 aromatic heterocycles. The molecule has 0 rings (SSSR count). The number of rotatable bonds is 58. The first-order valence-corrected chi connectivity index (χ1v) is 32.6. The van der Waals surface area contributed by atoms with Gasteiger partial charge >= 0.3 is 17.9 Å². The van der Waals surface area contributed by atoms with Crippen molar-refractivity contribution in [2.75, 3.05) is 85.3 Å². The molecule has 18 heteroatoms. The fraction of sp³-hybridized carbons (Fsp3) is 0.776. The lowest BCUT2D eigenvalue weighted by molar-refractivity contribution is -0.143. The molecule has 0 fully saturated rings. The maximum absolute atomic E-state index is 13.3. The summed E-state index contributed by atoms with van der Waals surface area (Å²) in [7, 11) is 0. The quantitative estimate of drug-likeness (QED) is 0.0221. The Morgan fingerprint density at radius 1 is 0.376 bits per heavy atom. The van der Waals surface area contributed by atoms with Crippen molar-refractivity contribution in [2.24, 2.45) is 0 Å². The van der Waals surface area contributed by atoms with Crippen molar-refractivity contribution in [1.29, 1.82) is 0 Å². The summed E-state index contributed by atoms with van der Waals surface area (Å²) in [6.45, 7) is 3.29. The van der Waals surface area contributed by atoms with Gasteiger partial charge in [0.1, 0.15) is 6.04 Å². The summed E-state index contributed by atoms with van der Waals surface area (Å²) < 4.78 is 11.1. The molecular formula is C67H112N6O12. The lowest BCUT2D eigenvalue weighted by Gasteiger charge is -2.24. The minimum atomic E-state index is -1.24. The van der Waals surface area contributed by atoms with Crippen LogP contribution in [0.3, 0.4) is 0 Å². The first-order valence-electron chi connectivity index (χ1n) is 32.6. The van der Waals surface area contributed by atoms with E-state index in [1.165, 1.54) is 108 Å². The first kappa shape index (κ1) is 79.4. The molecular weight excluding hydrogens is 1080 g/mol. The van der Waals surface area contributed by atoms with Crippen LogP contribution >= 0.6 is 0 Å². The van der Waals surface area contributed by atoms with Crippen molar-refractivity contribution in [1.82, 2.24) is 31.1 Å². The molecule has 18 nitrogen and oxygen atoms in total. The molecule has 0 heterocycles. The number of hydrogen-bond donors (Lipinski definition) is 7. The molecule has 0 aromatic carbocycles. The zero-order valence-corrected chi connectivity index (χ0v) is 52.6. The highest BCUT2D eigenvalue weighted by Crippen LogP contribution is 2.13. The Hall–Kier alpha value is -5.63. The Labute approximate surface area is 512 Å². The molecule has 85 heavy (non-hydrogen) atoms. The van der Waals surface area contributed by atoms with Gasteiger partial charge in [0.2, 0.25) is 23.6 Å². The van der Waals surface area contributed by atoms with E-state index in [-0.39, 0.29) is 83.9 Å². The average molecular weight is 1190 g/mol. The van der Waals surface area contributed by atoms with Crippen LogP contribution in [0.25, 0.3) is 0 Å². The normalized spacial score (nSPS) is 11.0. The first-order chi connectivity index (χ1) is 41.4. The molecule has 0 spiro atoms. The van der Waals surface area contributed by atoms with Gasteiger partial charge in [0.05, 0.1) is 52.6 Å². The molecule has 7 N–H and O–H groups in total. The number of hydrogen-bond acceptors (Lipinski definition) is 11. The zero-order chi connectivity index (χ0) is 62.3. The van der Waals surface area contributed by atoms with Gasteiger partial charge in [-0.2, -0.15) is 0 Å². The molecule has 0 radical (unpaired) electrons. The van der Waals surface area contributed by atoms with E-state index < -0.39 is 55.4 Å². The highest BCUT2D eigenvalue weighted by atomic mass is 16.5. The Kier molecular flexibility index (Phi) is 57.4. The summed E-state index contributed by atoms with van der Waals surface area (Å²) in [4.78, 5) is 87.7. The second-order valence-electron chi connectivity index (χ2n) is 22.0. The number of nitrogens with one attached hydrogen (secondary N) is 4. The van der Waals surface area contributed by atoms with E-state index in [1.54, 1.807) is 0 Å². The van der Waals surface area contributed by atoms with Gasteiger partial charge in [0.25, 0.3) is 0 Å². The van der Waals surface area contributed by atoms with Crippen molar-refractivity contribution in [3.63, 3.8) is 0 Å². The number of carboxylic acid groups (broad SMARTS) is 3. The van der Waals surface area contributed by atoms with Gasteiger partial charge in [-0.1, -0.05) is 192 Å². The maximum Gasteiger partial charge on any atom is 0.317 e. The Morgan fingerprint density at radius 3 is 1.08 bits per heavy atom. The van der Waals surface area contributed by atoms with E-state index in [4.69, 9.17) is 19.7 Å². The Morgan fingerprint density at radius 2 is 0.706 bits per heavy atom. The minimum Gasteiger partial charge on any atom is -0.480 e. The minimum absolute atomic E-state index is 0.0458. The largest absolute Gasteiger partial charge is 0.480 e. The molecule has 0 bridgehead atoms. The van der Waals surface area contributed by atoms with Crippen LogP contribution in [0.4, 0.5) is 0 Å². The second-order valence-corrected chi connectivity index (χ2v) is 22.0. The van der Waals surface area contributed by atoms with Crippen molar-refractivity contribution in [2.45, 2.75) is 251 Å². The molecule has 0 saturated heterocycles. The van der Waals surface area contributed by atoms with Crippen molar-refractivity contribution < 1.29 is 58.4 Å². The average Bonchev–Trinajstić information content (AvgIpc) is 3.55. The molecule has 0 aliphatic carbocycles. The molecule has 1 unspecified atom stereocenters. The van der Waals surface area contributed by atoms with Crippen LogP contribution in [0.2, 0.25) is 0 Å².